The molecule has 44 valence electrons. The van der Waals surface area contributed by atoms with Crippen LogP contribution in [0.2, 0.25) is 0 Å². The largest absolute Gasteiger partial charge is 0.493 e. The van der Waals surface area contributed by atoms with Crippen LogP contribution in [0.25, 0.3) is 0 Å². The molecular formula is C7H5NO. The van der Waals surface area contributed by atoms with Crippen molar-refractivity contribution in [2.24, 2.45) is 0 Å². The third-order valence-corrected chi connectivity index (χ3v) is 0.915. The molecule has 0 atom stereocenters. The molecule has 1 aromatic rings. The number of aromatic nitrogens is 1. The standard InChI is InChI=1S/C7H5NO/c1-2-6-3-4-7(9)8-5-6/h1,3-5H,(H,8,9). The van der Waals surface area contributed by atoms with Gasteiger partial charge in [0, 0.05) is 17.8 Å². The van der Waals surface area contributed by atoms with Crippen LogP contribution in [0.3, 0.4) is 0 Å². The lowest BCUT2D eigenvalue weighted by atomic mass is 10.3. The maximum absolute atomic E-state index is 8.67. The Hall–Kier alpha value is -1.49. The highest BCUT2D eigenvalue weighted by Crippen LogP contribution is 2.02. The third-order valence-electron chi connectivity index (χ3n) is 0.915. The van der Waals surface area contributed by atoms with E-state index in [1.54, 1.807) is 6.07 Å². The van der Waals surface area contributed by atoms with Gasteiger partial charge >= 0.3 is 0 Å². The van der Waals surface area contributed by atoms with Crippen molar-refractivity contribution in [2.75, 3.05) is 0 Å². The number of terminal acetylenes is 1. The molecule has 0 aliphatic carbocycles. The Bertz CT molecular complexity index is 232. The average Bonchev–Trinajstić information content (AvgIpc) is 1.90. The minimum absolute atomic E-state index is 0.00556. The Kier molecular flexibility index (Phi) is 1.37. The zero-order valence-corrected chi connectivity index (χ0v) is 4.70. The molecule has 0 saturated carbocycles. The van der Waals surface area contributed by atoms with Crippen LogP contribution in [0.5, 0.6) is 5.88 Å². The van der Waals surface area contributed by atoms with E-state index in [2.05, 4.69) is 10.9 Å². The summed E-state index contributed by atoms with van der Waals surface area (Å²) >= 11 is 0. The second-order valence-corrected chi connectivity index (χ2v) is 1.55. The van der Waals surface area contributed by atoms with Gasteiger partial charge in [-0.05, 0) is 6.07 Å². The summed E-state index contributed by atoms with van der Waals surface area (Å²) in [6, 6.07) is 3.08. The first-order chi connectivity index (χ1) is 4.33. The minimum atomic E-state index is -0.00556. The summed E-state index contributed by atoms with van der Waals surface area (Å²) < 4.78 is 0. The topological polar surface area (TPSA) is 33.1 Å². The molecule has 0 unspecified atom stereocenters. The Morgan fingerprint density at radius 1 is 1.56 bits per heavy atom. The van der Waals surface area contributed by atoms with Crippen LogP contribution in [0.1, 0.15) is 5.56 Å². The Morgan fingerprint density at radius 2 is 2.33 bits per heavy atom. The number of hydrogen-bond donors (Lipinski definition) is 1. The van der Waals surface area contributed by atoms with Crippen LogP contribution >= 0.6 is 0 Å². The molecule has 0 amide bonds. The molecule has 1 aromatic heterocycles. The molecule has 0 aliphatic rings. The van der Waals surface area contributed by atoms with E-state index in [4.69, 9.17) is 11.5 Å². The van der Waals surface area contributed by atoms with E-state index in [9.17, 15) is 0 Å². The third kappa shape index (κ3) is 1.20. The number of pyridine rings is 1. The lowest BCUT2D eigenvalue weighted by Crippen LogP contribution is -1.75. The Morgan fingerprint density at radius 3 is 2.78 bits per heavy atom. The molecule has 0 radical (unpaired) electrons. The van der Waals surface area contributed by atoms with E-state index in [0.29, 0.717) is 5.56 Å². The van der Waals surface area contributed by atoms with Crippen molar-refractivity contribution in [2.45, 2.75) is 0 Å². The van der Waals surface area contributed by atoms with Crippen molar-refractivity contribution < 1.29 is 5.11 Å². The highest BCUT2D eigenvalue weighted by molar-refractivity contribution is 5.30. The highest BCUT2D eigenvalue weighted by Gasteiger charge is 1.86. The van der Waals surface area contributed by atoms with Gasteiger partial charge in [0.05, 0.1) is 0 Å². The van der Waals surface area contributed by atoms with Crippen LogP contribution in [-0.4, -0.2) is 10.1 Å². The van der Waals surface area contributed by atoms with E-state index in [1.165, 1.54) is 12.3 Å². The zero-order chi connectivity index (χ0) is 6.69. The fraction of sp³-hybridized carbons (Fsp3) is 0. The molecule has 0 spiro atoms. The number of rotatable bonds is 0. The Balaban J connectivity index is 3.06. The van der Waals surface area contributed by atoms with Crippen LogP contribution < -0.4 is 0 Å². The minimum Gasteiger partial charge on any atom is -0.493 e. The number of nitrogens with zero attached hydrogens (tertiary/aromatic N) is 1. The van der Waals surface area contributed by atoms with Gasteiger partial charge < -0.3 is 5.11 Å². The molecule has 1 rings (SSSR count). The summed E-state index contributed by atoms with van der Waals surface area (Å²) in [4.78, 5) is 3.56. The van der Waals surface area contributed by atoms with Crippen molar-refractivity contribution in [3.05, 3.63) is 23.9 Å². The van der Waals surface area contributed by atoms with E-state index in [0.717, 1.165) is 0 Å². The number of hydrogen-bond acceptors (Lipinski definition) is 2. The fourth-order valence-corrected chi connectivity index (χ4v) is 0.471. The molecule has 0 aliphatic heterocycles. The fourth-order valence-electron chi connectivity index (χ4n) is 0.471. The van der Waals surface area contributed by atoms with E-state index >= 15 is 0 Å². The molecule has 0 bridgehead atoms. The molecule has 1 heterocycles. The monoisotopic (exact) mass is 119 g/mol. The highest BCUT2D eigenvalue weighted by atomic mass is 16.3. The van der Waals surface area contributed by atoms with E-state index < -0.39 is 0 Å². The van der Waals surface area contributed by atoms with Gasteiger partial charge in [-0.1, -0.05) is 5.92 Å². The van der Waals surface area contributed by atoms with Crippen molar-refractivity contribution in [1.29, 1.82) is 0 Å². The van der Waals surface area contributed by atoms with Crippen LogP contribution in [0, 0.1) is 12.3 Å². The SMILES string of the molecule is C#Cc1ccc(O)nc1. The second kappa shape index (κ2) is 2.19. The smallest absolute Gasteiger partial charge is 0.210 e. The van der Waals surface area contributed by atoms with Crippen molar-refractivity contribution >= 4 is 0 Å². The van der Waals surface area contributed by atoms with Gasteiger partial charge in [0.1, 0.15) is 0 Å². The molecule has 1 N–H and O–H groups in total. The van der Waals surface area contributed by atoms with Gasteiger partial charge in [0.2, 0.25) is 5.88 Å². The van der Waals surface area contributed by atoms with Gasteiger partial charge in [-0.15, -0.1) is 6.42 Å². The van der Waals surface area contributed by atoms with Gasteiger partial charge in [0.15, 0.2) is 0 Å². The molecular weight excluding hydrogens is 114 g/mol. The summed E-state index contributed by atoms with van der Waals surface area (Å²) in [6.07, 6.45) is 6.47. The summed E-state index contributed by atoms with van der Waals surface area (Å²) in [5.74, 6) is 2.38. The normalized spacial score (nSPS) is 8.33. The van der Waals surface area contributed by atoms with Crippen LogP contribution in [-0.2, 0) is 0 Å². The first-order valence-corrected chi connectivity index (χ1v) is 2.44. The quantitative estimate of drug-likeness (QED) is 0.511. The van der Waals surface area contributed by atoms with E-state index in [-0.39, 0.29) is 5.88 Å². The lowest BCUT2D eigenvalue weighted by molar-refractivity contribution is 0.453. The molecule has 2 heteroatoms. The molecule has 0 saturated heterocycles. The van der Waals surface area contributed by atoms with Crippen molar-refractivity contribution in [3.63, 3.8) is 0 Å². The molecule has 0 aromatic carbocycles. The van der Waals surface area contributed by atoms with Gasteiger partial charge in [-0.25, -0.2) is 4.98 Å². The predicted octanol–water partition coefficient (Wildman–Crippen LogP) is 0.768. The van der Waals surface area contributed by atoms with Crippen molar-refractivity contribution in [1.82, 2.24) is 4.98 Å². The first kappa shape index (κ1) is 5.64. The van der Waals surface area contributed by atoms with Crippen LogP contribution in [0.4, 0.5) is 0 Å². The van der Waals surface area contributed by atoms with E-state index in [1.807, 2.05) is 0 Å². The summed E-state index contributed by atoms with van der Waals surface area (Å²) in [5.41, 5.74) is 0.674. The maximum Gasteiger partial charge on any atom is 0.210 e. The predicted molar refractivity (Wildman–Crippen MR) is 33.8 cm³/mol. The summed E-state index contributed by atoms with van der Waals surface area (Å²) in [5, 5.41) is 8.67. The first-order valence-electron chi connectivity index (χ1n) is 2.44. The maximum atomic E-state index is 8.67. The van der Waals surface area contributed by atoms with Gasteiger partial charge in [0.25, 0.3) is 0 Å². The lowest BCUT2D eigenvalue weighted by Gasteiger charge is -1.87. The summed E-state index contributed by atoms with van der Waals surface area (Å²) in [7, 11) is 0. The van der Waals surface area contributed by atoms with Crippen molar-refractivity contribution in [3.8, 4) is 18.2 Å². The van der Waals surface area contributed by atoms with Gasteiger partial charge in [-0.2, -0.15) is 0 Å². The Labute approximate surface area is 53.2 Å². The van der Waals surface area contributed by atoms with Gasteiger partial charge in [-0.3, -0.25) is 0 Å². The average molecular weight is 119 g/mol. The molecule has 9 heavy (non-hydrogen) atoms. The van der Waals surface area contributed by atoms with Crippen LogP contribution in [0.15, 0.2) is 18.3 Å². The molecule has 0 fully saturated rings. The summed E-state index contributed by atoms with van der Waals surface area (Å²) in [6.45, 7) is 0. The zero-order valence-electron chi connectivity index (χ0n) is 4.70. The molecule has 2 nitrogen and oxygen atoms in total. The second-order valence-electron chi connectivity index (χ2n) is 1.55. The number of aromatic hydroxyl groups is 1.